The van der Waals surface area contributed by atoms with Crippen LogP contribution >= 0.6 is 0 Å². The zero-order valence-electron chi connectivity index (χ0n) is 27.4. The number of nitro groups is 1. The lowest BCUT2D eigenvalue weighted by Gasteiger charge is -2.35. The van der Waals surface area contributed by atoms with Gasteiger partial charge in [0.15, 0.2) is 0 Å². The van der Waals surface area contributed by atoms with E-state index >= 15 is 0 Å². The number of ether oxygens (including phenoxy) is 2. The predicted octanol–water partition coefficient (Wildman–Crippen LogP) is 6.87. The number of carbonyl (C=O) groups is 2. The van der Waals surface area contributed by atoms with Gasteiger partial charge in [0.05, 0.1) is 29.1 Å². The summed E-state index contributed by atoms with van der Waals surface area (Å²) in [6, 6.07) is 26.8. The molecular formula is C37H43N3O6. The Hall–Kier alpha value is -4.76. The second kappa shape index (κ2) is 15.0. The Morgan fingerprint density at radius 3 is 2.11 bits per heavy atom. The lowest BCUT2D eigenvalue weighted by Crippen LogP contribution is -2.42. The molecule has 1 aliphatic heterocycles. The van der Waals surface area contributed by atoms with E-state index in [9.17, 15) is 19.7 Å². The van der Waals surface area contributed by atoms with E-state index in [-0.39, 0.29) is 22.8 Å². The average Bonchev–Trinajstić information content (AvgIpc) is 3.04. The molecule has 0 aromatic heterocycles. The van der Waals surface area contributed by atoms with E-state index in [0.29, 0.717) is 29.9 Å². The van der Waals surface area contributed by atoms with Gasteiger partial charge in [0.25, 0.3) is 5.69 Å². The number of non-ortho nitro benzene ring substituents is 1. The van der Waals surface area contributed by atoms with Gasteiger partial charge in [-0.1, -0.05) is 79.7 Å². The zero-order chi connectivity index (χ0) is 33.4. The Morgan fingerprint density at radius 2 is 1.57 bits per heavy atom. The molecule has 3 aromatic rings. The van der Waals surface area contributed by atoms with Crippen molar-refractivity contribution >= 4 is 17.6 Å². The van der Waals surface area contributed by atoms with Crippen molar-refractivity contribution in [2.24, 2.45) is 0 Å². The largest absolute Gasteiger partial charge is 0.466 e. The SMILES string of the molecule is CCC1=C(C(=O)OC)C(c2cccc([N+](=O)[O-])c2)C(C(=O)OC(C)(C)CN(C)CCC(c2ccccc2)c2ccccc2)=C(C)N1. The van der Waals surface area contributed by atoms with Crippen LogP contribution in [0.2, 0.25) is 0 Å². The summed E-state index contributed by atoms with van der Waals surface area (Å²) in [5.41, 5.74) is 3.41. The van der Waals surface area contributed by atoms with Crippen LogP contribution in [-0.2, 0) is 19.1 Å². The number of hydrogen-bond donors (Lipinski definition) is 1. The number of rotatable bonds is 13. The van der Waals surface area contributed by atoms with Crippen LogP contribution in [0.4, 0.5) is 5.69 Å². The fourth-order valence-corrected chi connectivity index (χ4v) is 6.26. The Balaban J connectivity index is 1.56. The quantitative estimate of drug-likeness (QED) is 0.125. The summed E-state index contributed by atoms with van der Waals surface area (Å²) in [4.78, 5) is 40.5. The smallest absolute Gasteiger partial charge is 0.337 e. The predicted molar refractivity (Wildman–Crippen MR) is 178 cm³/mol. The van der Waals surface area contributed by atoms with E-state index in [1.54, 1.807) is 19.1 Å². The van der Waals surface area contributed by atoms with E-state index < -0.39 is 28.4 Å². The number of nitrogens with one attached hydrogen (secondary N) is 1. The summed E-state index contributed by atoms with van der Waals surface area (Å²) in [7, 11) is 3.28. The van der Waals surface area contributed by atoms with Crippen LogP contribution in [0, 0.1) is 10.1 Å². The maximum absolute atomic E-state index is 14.0. The highest BCUT2D eigenvalue weighted by atomic mass is 16.6. The van der Waals surface area contributed by atoms with Gasteiger partial charge in [-0.3, -0.25) is 10.1 Å². The summed E-state index contributed by atoms with van der Waals surface area (Å²) < 4.78 is 11.3. The van der Waals surface area contributed by atoms with Crippen LogP contribution in [0.5, 0.6) is 0 Å². The molecule has 0 bridgehead atoms. The molecule has 9 nitrogen and oxygen atoms in total. The van der Waals surface area contributed by atoms with Crippen LogP contribution in [-0.4, -0.2) is 54.6 Å². The van der Waals surface area contributed by atoms with Gasteiger partial charge in [0, 0.05) is 36.0 Å². The molecule has 0 radical (unpaired) electrons. The lowest BCUT2D eigenvalue weighted by molar-refractivity contribution is -0.384. The van der Waals surface area contributed by atoms with Crippen molar-refractivity contribution in [3.8, 4) is 0 Å². The van der Waals surface area contributed by atoms with Crippen LogP contribution in [0.25, 0.3) is 0 Å². The van der Waals surface area contributed by atoms with Crippen molar-refractivity contribution in [3.63, 3.8) is 0 Å². The second-order valence-electron chi connectivity index (χ2n) is 12.2. The van der Waals surface area contributed by atoms with Crippen molar-refractivity contribution in [1.82, 2.24) is 10.2 Å². The second-order valence-corrected chi connectivity index (χ2v) is 12.2. The number of benzene rings is 3. The normalized spacial score (nSPS) is 15.2. The first kappa shape index (κ1) is 34.1. The molecule has 0 saturated heterocycles. The number of nitrogens with zero attached hydrogens (tertiary/aromatic N) is 2. The van der Waals surface area contributed by atoms with E-state index in [1.165, 1.54) is 30.4 Å². The molecule has 242 valence electrons. The number of esters is 2. The van der Waals surface area contributed by atoms with Crippen LogP contribution in [0.15, 0.2) is 107 Å². The molecule has 1 heterocycles. The summed E-state index contributed by atoms with van der Waals surface area (Å²) >= 11 is 0. The van der Waals surface area contributed by atoms with E-state index in [2.05, 4.69) is 58.7 Å². The summed E-state index contributed by atoms with van der Waals surface area (Å²) in [5, 5.41) is 14.8. The van der Waals surface area contributed by atoms with Crippen molar-refractivity contribution in [1.29, 1.82) is 0 Å². The highest BCUT2D eigenvalue weighted by molar-refractivity contribution is 6.00. The molecule has 1 unspecified atom stereocenters. The molecule has 9 heteroatoms. The number of carbonyl (C=O) groups excluding carboxylic acids is 2. The molecule has 1 atom stereocenters. The third kappa shape index (κ3) is 8.09. The fraction of sp³-hybridized carbons (Fsp3) is 0.351. The first-order valence-electron chi connectivity index (χ1n) is 15.5. The molecular weight excluding hydrogens is 582 g/mol. The maximum Gasteiger partial charge on any atom is 0.337 e. The van der Waals surface area contributed by atoms with Gasteiger partial charge in [-0.25, -0.2) is 9.59 Å². The van der Waals surface area contributed by atoms with Gasteiger partial charge in [-0.05, 0) is 63.9 Å². The number of methoxy groups -OCH3 is 1. The van der Waals surface area contributed by atoms with Crippen LogP contribution < -0.4 is 5.32 Å². The molecule has 1 N–H and O–H groups in total. The molecule has 0 saturated carbocycles. The van der Waals surface area contributed by atoms with E-state index in [4.69, 9.17) is 9.47 Å². The Labute approximate surface area is 271 Å². The van der Waals surface area contributed by atoms with E-state index in [0.717, 1.165) is 13.0 Å². The van der Waals surface area contributed by atoms with Gasteiger partial charge in [0.2, 0.25) is 0 Å². The molecule has 0 amide bonds. The highest BCUT2D eigenvalue weighted by Crippen LogP contribution is 2.41. The first-order valence-corrected chi connectivity index (χ1v) is 15.5. The summed E-state index contributed by atoms with van der Waals surface area (Å²) in [5.74, 6) is -1.93. The van der Waals surface area contributed by atoms with Crippen molar-refractivity contribution < 1.29 is 24.0 Å². The molecule has 0 aliphatic carbocycles. The minimum atomic E-state index is -0.915. The zero-order valence-corrected chi connectivity index (χ0v) is 27.4. The first-order chi connectivity index (χ1) is 22.0. The number of likely N-dealkylation sites (N-methyl/N-ethyl adjacent to an activating group) is 1. The van der Waals surface area contributed by atoms with Gasteiger partial charge in [0.1, 0.15) is 5.60 Å². The molecule has 46 heavy (non-hydrogen) atoms. The Kier molecular flexibility index (Phi) is 11.1. The average molecular weight is 626 g/mol. The number of hydrogen-bond acceptors (Lipinski definition) is 8. The van der Waals surface area contributed by atoms with Gasteiger partial charge in [-0.2, -0.15) is 0 Å². The lowest BCUT2D eigenvalue weighted by atomic mass is 9.79. The van der Waals surface area contributed by atoms with Crippen molar-refractivity contribution in [2.75, 3.05) is 27.2 Å². The minimum Gasteiger partial charge on any atom is -0.466 e. The molecule has 4 rings (SSSR count). The summed E-state index contributed by atoms with van der Waals surface area (Å²) in [6.45, 7) is 8.55. The topological polar surface area (TPSA) is 111 Å². The third-order valence-corrected chi connectivity index (χ3v) is 8.26. The number of allylic oxidation sites excluding steroid dienone is 2. The number of nitro benzene ring substituents is 1. The highest BCUT2D eigenvalue weighted by Gasteiger charge is 2.40. The van der Waals surface area contributed by atoms with Crippen LogP contribution in [0.1, 0.15) is 69.1 Å². The van der Waals surface area contributed by atoms with Gasteiger partial charge < -0.3 is 19.7 Å². The minimum absolute atomic E-state index is 0.144. The third-order valence-electron chi connectivity index (χ3n) is 8.26. The summed E-state index contributed by atoms with van der Waals surface area (Å²) in [6.07, 6.45) is 1.32. The molecule has 3 aromatic carbocycles. The van der Waals surface area contributed by atoms with Gasteiger partial charge in [-0.15, -0.1) is 0 Å². The van der Waals surface area contributed by atoms with Crippen molar-refractivity contribution in [3.05, 3.63) is 134 Å². The van der Waals surface area contributed by atoms with Crippen LogP contribution in [0.3, 0.4) is 0 Å². The Morgan fingerprint density at radius 1 is 0.957 bits per heavy atom. The number of dihydropyridines is 1. The van der Waals surface area contributed by atoms with E-state index in [1.807, 2.05) is 40.0 Å². The molecule has 1 aliphatic rings. The standard InChI is InChI=1S/C37H43N3O6/c1-7-31-34(35(41)45-6)33(28-19-14-20-29(23-28)40(43)44)32(25(2)38-31)36(42)46-37(3,4)24-39(5)22-21-30(26-15-10-8-11-16-26)27-17-12-9-13-18-27/h8-20,23,30,33,38H,7,21-22,24H2,1-6H3. The van der Waals surface area contributed by atoms with Gasteiger partial charge >= 0.3 is 11.9 Å². The molecule has 0 fully saturated rings. The molecule has 0 spiro atoms. The Bertz CT molecular complexity index is 1570. The van der Waals surface area contributed by atoms with Crippen molar-refractivity contribution in [2.45, 2.75) is 58.0 Å². The maximum atomic E-state index is 14.0. The fourth-order valence-electron chi connectivity index (χ4n) is 6.26. The monoisotopic (exact) mass is 625 g/mol.